The van der Waals surface area contributed by atoms with Crippen molar-refractivity contribution in [3.05, 3.63) is 64.4 Å². The largest absolute Gasteiger partial charge is 0.394 e. The monoisotopic (exact) mass is 362 g/mol. The lowest BCUT2D eigenvalue weighted by atomic mass is 9.99. The van der Waals surface area contributed by atoms with Gasteiger partial charge in [0.15, 0.2) is 0 Å². The summed E-state index contributed by atoms with van der Waals surface area (Å²) in [6, 6.07) is 11.0. The van der Waals surface area contributed by atoms with Gasteiger partial charge in [-0.15, -0.1) is 0 Å². The van der Waals surface area contributed by atoms with Gasteiger partial charge >= 0.3 is 0 Å². The number of carbonyl (C=O) groups is 1. The minimum absolute atomic E-state index is 0.0932. The SMILES string of the molecule is O=C1CN=C(c2ccccc2F)c2cc(Cl)ccc2N1C[C@@H](O)CO. The number of benzodiazepines with no additional fused rings is 1. The Kier molecular flexibility index (Phi) is 5.13. The molecule has 25 heavy (non-hydrogen) atoms. The third-order valence-electron chi connectivity index (χ3n) is 3.91. The van der Waals surface area contributed by atoms with E-state index < -0.39 is 18.5 Å². The highest BCUT2D eigenvalue weighted by Crippen LogP contribution is 2.30. The molecule has 0 spiro atoms. The van der Waals surface area contributed by atoms with Gasteiger partial charge in [-0.25, -0.2) is 4.39 Å². The Morgan fingerprint density at radius 2 is 2.00 bits per heavy atom. The number of amides is 1. The average Bonchev–Trinajstić information content (AvgIpc) is 2.73. The third-order valence-corrected chi connectivity index (χ3v) is 4.15. The van der Waals surface area contributed by atoms with Crippen molar-refractivity contribution in [2.45, 2.75) is 6.10 Å². The summed E-state index contributed by atoms with van der Waals surface area (Å²) in [7, 11) is 0. The minimum atomic E-state index is -1.09. The van der Waals surface area contributed by atoms with E-state index in [4.69, 9.17) is 16.7 Å². The lowest BCUT2D eigenvalue weighted by molar-refractivity contribution is -0.117. The van der Waals surface area contributed by atoms with Gasteiger partial charge in [-0.2, -0.15) is 0 Å². The number of fused-ring (bicyclic) bond motifs is 1. The van der Waals surface area contributed by atoms with Crippen LogP contribution in [0, 0.1) is 5.82 Å². The van der Waals surface area contributed by atoms with E-state index in [9.17, 15) is 14.3 Å². The summed E-state index contributed by atoms with van der Waals surface area (Å²) >= 11 is 6.10. The standard InChI is InChI=1S/C18H16ClFN2O3/c19-11-5-6-16-14(7-11)18(13-3-1-2-4-15(13)20)21-8-17(25)22(16)9-12(24)10-23/h1-7,12,23-24H,8-10H2/t12-/m1/s1. The van der Waals surface area contributed by atoms with Crippen LogP contribution in [-0.4, -0.2) is 47.6 Å². The zero-order valence-electron chi connectivity index (χ0n) is 13.2. The molecule has 0 saturated carbocycles. The van der Waals surface area contributed by atoms with E-state index in [1.807, 2.05) is 0 Å². The normalized spacial score (nSPS) is 15.4. The highest BCUT2D eigenvalue weighted by atomic mass is 35.5. The van der Waals surface area contributed by atoms with Gasteiger partial charge < -0.3 is 15.1 Å². The summed E-state index contributed by atoms with van der Waals surface area (Å²) in [4.78, 5) is 18.1. The van der Waals surface area contributed by atoms with Gasteiger partial charge in [0.2, 0.25) is 5.91 Å². The van der Waals surface area contributed by atoms with Crippen molar-refractivity contribution in [1.82, 2.24) is 0 Å². The quantitative estimate of drug-likeness (QED) is 0.874. The fourth-order valence-corrected chi connectivity index (χ4v) is 2.91. The molecular weight excluding hydrogens is 347 g/mol. The second kappa shape index (κ2) is 7.31. The molecule has 5 nitrogen and oxygen atoms in total. The van der Waals surface area contributed by atoms with Crippen LogP contribution in [0.25, 0.3) is 0 Å². The fourth-order valence-electron chi connectivity index (χ4n) is 2.74. The number of aliphatic hydroxyl groups is 2. The van der Waals surface area contributed by atoms with Gasteiger partial charge in [-0.05, 0) is 30.3 Å². The number of aliphatic imine (C=N–C) groups is 1. The van der Waals surface area contributed by atoms with Gasteiger partial charge in [0.1, 0.15) is 12.4 Å². The molecule has 2 aromatic carbocycles. The van der Waals surface area contributed by atoms with Crippen molar-refractivity contribution < 1.29 is 19.4 Å². The molecule has 7 heteroatoms. The lowest BCUT2D eigenvalue weighted by Crippen LogP contribution is -2.40. The van der Waals surface area contributed by atoms with Crippen molar-refractivity contribution >= 4 is 28.9 Å². The number of anilines is 1. The van der Waals surface area contributed by atoms with E-state index in [1.165, 1.54) is 11.0 Å². The number of aliphatic hydroxyl groups excluding tert-OH is 2. The van der Waals surface area contributed by atoms with Crippen LogP contribution in [0.5, 0.6) is 0 Å². The lowest BCUT2D eigenvalue weighted by Gasteiger charge is -2.25. The fraction of sp³-hybridized carbons (Fsp3) is 0.222. The summed E-state index contributed by atoms with van der Waals surface area (Å²) in [5.74, 6) is -0.814. The maximum atomic E-state index is 14.3. The van der Waals surface area contributed by atoms with Crippen LogP contribution < -0.4 is 4.90 Å². The number of hydrogen-bond acceptors (Lipinski definition) is 4. The van der Waals surface area contributed by atoms with Crippen molar-refractivity contribution in [3.63, 3.8) is 0 Å². The first-order chi connectivity index (χ1) is 12.0. The number of benzene rings is 2. The summed E-state index contributed by atoms with van der Waals surface area (Å²) < 4.78 is 14.3. The Morgan fingerprint density at radius 3 is 2.72 bits per heavy atom. The van der Waals surface area contributed by atoms with Crippen molar-refractivity contribution in [1.29, 1.82) is 0 Å². The molecule has 2 N–H and O–H groups in total. The molecule has 0 aliphatic carbocycles. The Bertz CT molecular complexity index is 841. The van der Waals surface area contributed by atoms with E-state index in [1.54, 1.807) is 36.4 Å². The molecule has 3 rings (SSSR count). The Morgan fingerprint density at radius 1 is 1.24 bits per heavy atom. The summed E-state index contributed by atoms with van der Waals surface area (Å²) in [6.07, 6.45) is -1.09. The second-order valence-corrected chi connectivity index (χ2v) is 6.08. The number of β-amino-alcohol motifs (C(OH)–C–C–N with tert-alkyl or cyclic N) is 1. The number of rotatable bonds is 4. The summed E-state index contributed by atoms with van der Waals surface area (Å²) in [5, 5.41) is 19.3. The van der Waals surface area contributed by atoms with E-state index in [-0.39, 0.29) is 24.6 Å². The molecule has 0 fully saturated rings. The zero-order valence-corrected chi connectivity index (χ0v) is 13.9. The minimum Gasteiger partial charge on any atom is -0.394 e. The van der Waals surface area contributed by atoms with Gasteiger partial charge in [0.05, 0.1) is 30.7 Å². The summed E-state index contributed by atoms with van der Waals surface area (Å²) in [5.41, 5.74) is 1.54. The highest BCUT2D eigenvalue weighted by molar-refractivity contribution is 6.32. The molecule has 1 atom stereocenters. The third kappa shape index (κ3) is 3.56. The molecule has 130 valence electrons. The van der Waals surface area contributed by atoms with Gasteiger partial charge in [-0.3, -0.25) is 9.79 Å². The van der Waals surface area contributed by atoms with E-state index >= 15 is 0 Å². The number of halogens is 2. The van der Waals surface area contributed by atoms with Crippen LogP contribution in [-0.2, 0) is 4.79 Å². The van der Waals surface area contributed by atoms with Crippen molar-refractivity contribution in [2.24, 2.45) is 4.99 Å². The Hall–Kier alpha value is -2.28. The molecule has 2 aromatic rings. The van der Waals surface area contributed by atoms with Crippen molar-refractivity contribution in [2.75, 3.05) is 24.6 Å². The molecule has 1 heterocycles. The van der Waals surface area contributed by atoms with Crippen LogP contribution in [0.4, 0.5) is 10.1 Å². The first kappa shape index (κ1) is 17.5. The smallest absolute Gasteiger partial charge is 0.248 e. The van der Waals surface area contributed by atoms with E-state index in [0.717, 1.165) is 0 Å². The number of hydrogen-bond donors (Lipinski definition) is 2. The molecule has 0 aromatic heterocycles. The average molecular weight is 363 g/mol. The topological polar surface area (TPSA) is 73.1 Å². The molecule has 1 aliphatic heterocycles. The summed E-state index contributed by atoms with van der Waals surface area (Å²) in [6.45, 7) is -0.772. The van der Waals surface area contributed by atoms with Crippen molar-refractivity contribution in [3.8, 4) is 0 Å². The van der Waals surface area contributed by atoms with Crippen LogP contribution in [0.2, 0.25) is 5.02 Å². The van der Waals surface area contributed by atoms with Crippen LogP contribution in [0.1, 0.15) is 11.1 Å². The molecule has 0 unspecified atom stereocenters. The molecule has 1 aliphatic rings. The molecule has 0 saturated heterocycles. The first-order valence-electron chi connectivity index (χ1n) is 7.70. The first-order valence-corrected chi connectivity index (χ1v) is 8.07. The number of nitrogens with zero attached hydrogens (tertiary/aromatic N) is 2. The molecule has 1 amide bonds. The predicted molar refractivity (Wildman–Crippen MR) is 93.8 cm³/mol. The molecular formula is C18H16ClFN2O3. The van der Waals surface area contributed by atoms with Crippen LogP contribution >= 0.6 is 11.6 Å². The second-order valence-electron chi connectivity index (χ2n) is 5.65. The zero-order chi connectivity index (χ0) is 18.0. The number of carbonyl (C=O) groups excluding carboxylic acids is 1. The highest BCUT2D eigenvalue weighted by Gasteiger charge is 2.27. The van der Waals surface area contributed by atoms with E-state index in [0.29, 0.717) is 22.0 Å². The maximum absolute atomic E-state index is 14.3. The van der Waals surface area contributed by atoms with E-state index in [2.05, 4.69) is 4.99 Å². The van der Waals surface area contributed by atoms with Crippen LogP contribution in [0.15, 0.2) is 47.5 Å². The molecule has 0 radical (unpaired) electrons. The Balaban J connectivity index is 2.16. The maximum Gasteiger partial charge on any atom is 0.248 e. The van der Waals surface area contributed by atoms with Gasteiger partial charge in [-0.1, -0.05) is 23.7 Å². The molecule has 0 bridgehead atoms. The Labute approximate surface area is 149 Å². The predicted octanol–water partition coefficient (Wildman–Crippen LogP) is 2.02. The van der Waals surface area contributed by atoms with Gasteiger partial charge in [0, 0.05) is 16.1 Å². The van der Waals surface area contributed by atoms with Gasteiger partial charge in [0.25, 0.3) is 0 Å². The van der Waals surface area contributed by atoms with Crippen LogP contribution in [0.3, 0.4) is 0 Å².